The molecule has 0 saturated heterocycles. The molecule has 3 aromatic rings. The van der Waals surface area contributed by atoms with Crippen molar-refractivity contribution in [1.29, 1.82) is 0 Å². The molecule has 5 nitrogen and oxygen atoms in total. The number of rotatable bonds is 11. The van der Waals surface area contributed by atoms with Gasteiger partial charge in [-0.05, 0) is 47.4 Å². The Morgan fingerprint density at radius 2 is 1.54 bits per heavy atom. The summed E-state index contributed by atoms with van der Waals surface area (Å²) in [4.78, 5) is 28.6. The van der Waals surface area contributed by atoms with Crippen molar-refractivity contribution in [2.75, 3.05) is 13.2 Å². The van der Waals surface area contributed by atoms with Gasteiger partial charge in [-0.1, -0.05) is 96.6 Å². The average molecular weight is 582 g/mol. The predicted octanol–water partition coefficient (Wildman–Crippen LogP) is 7.09. The summed E-state index contributed by atoms with van der Waals surface area (Å²) >= 11 is 24.7. The molecule has 37 heavy (non-hydrogen) atoms. The molecule has 196 valence electrons. The van der Waals surface area contributed by atoms with E-state index in [0.717, 1.165) is 5.56 Å². The standard InChI is InChI=1S/C28H28Cl4N2O3/c1-18(2)15-33-28(36)25(12-19-6-4-3-5-7-19)34(16-20-8-9-21(29)13-23(20)31)27(35)17-37-26-11-10-22(30)14-24(26)32/h3-11,13-14,18,25H,12,15-17H2,1-2H3,(H,33,36). The average Bonchev–Trinajstić information content (AvgIpc) is 2.85. The molecular weight excluding hydrogens is 554 g/mol. The number of hydrogen-bond acceptors (Lipinski definition) is 3. The zero-order valence-corrected chi connectivity index (χ0v) is 23.5. The number of nitrogens with one attached hydrogen (secondary N) is 1. The molecule has 1 atom stereocenters. The molecule has 1 unspecified atom stereocenters. The zero-order valence-electron chi connectivity index (χ0n) is 20.5. The van der Waals surface area contributed by atoms with Gasteiger partial charge in [0.2, 0.25) is 5.91 Å². The lowest BCUT2D eigenvalue weighted by Crippen LogP contribution is -2.52. The summed E-state index contributed by atoms with van der Waals surface area (Å²) in [5.74, 6) is -0.113. The quantitative estimate of drug-likeness (QED) is 0.263. The molecule has 0 radical (unpaired) electrons. The van der Waals surface area contributed by atoms with Crippen LogP contribution < -0.4 is 10.1 Å². The van der Waals surface area contributed by atoms with Gasteiger partial charge in [0.05, 0.1) is 5.02 Å². The Balaban J connectivity index is 1.94. The van der Waals surface area contributed by atoms with E-state index in [1.54, 1.807) is 30.3 Å². The maximum Gasteiger partial charge on any atom is 0.261 e. The molecule has 0 aliphatic heterocycles. The number of halogens is 4. The highest BCUT2D eigenvalue weighted by atomic mass is 35.5. The van der Waals surface area contributed by atoms with Crippen LogP contribution in [0.3, 0.4) is 0 Å². The fourth-order valence-corrected chi connectivity index (χ4v) is 4.56. The van der Waals surface area contributed by atoms with Crippen molar-refractivity contribution in [2.45, 2.75) is 32.9 Å². The molecule has 1 N–H and O–H groups in total. The lowest BCUT2D eigenvalue weighted by molar-refractivity contribution is -0.142. The molecule has 3 rings (SSSR count). The van der Waals surface area contributed by atoms with Crippen molar-refractivity contribution in [1.82, 2.24) is 10.2 Å². The molecule has 0 bridgehead atoms. The maximum atomic E-state index is 13.6. The van der Waals surface area contributed by atoms with E-state index in [1.807, 2.05) is 44.2 Å². The van der Waals surface area contributed by atoms with E-state index >= 15 is 0 Å². The molecule has 0 fully saturated rings. The smallest absolute Gasteiger partial charge is 0.261 e. The molecule has 2 amide bonds. The number of amides is 2. The molecule has 0 heterocycles. The highest BCUT2D eigenvalue weighted by molar-refractivity contribution is 6.35. The summed E-state index contributed by atoms with van der Waals surface area (Å²) in [6.07, 6.45) is 0.309. The Morgan fingerprint density at radius 3 is 2.16 bits per heavy atom. The Kier molecular flexibility index (Phi) is 11.0. The van der Waals surface area contributed by atoms with Gasteiger partial charge in [-0.25, -0.2) is 0 Å². The minimum absolute atomic E-state index is 0.0825. The number of hydrogen-bond donors (Lipinski definition) is 1. The number of ether oxygens (including phenoxy) is 1. The lowest BCUT2D eigenvalue weighted by atomic mass is 10.0. The van der Waals surface area contributed by atoms with Gasteiger partial charge in [-0.2, -0.15) is 0 Å². The van der Waals surface area contributed by atoms with Crippen LogP contribution >= 0.6 is 46.4 Å². The Morgan fingerprint density at radius 1 is 0.892 bits per heavy atom. The molecule has 0 spiro atoms. The predicted molar refractivity (Wildman–Crippen MR) is 151 cm³/mol. The number of benzene rings is 3. The van der Waals surface area contributed by atoms with E-state index in [0.29, 0.717) is 39.3 Å². The largest absolute Gasteiger partial charge is 0.482 e. The van der Waals surface area contributed by atoms with Crippen molar-refractivity contribution in [3.8, 4) is 5.75 Å². The second kappa shape index (κ2) is 13.9. The van der Waals surface area contributed by atoms with Gasteiger partial charge >= 0.3 is 0 Å². The first kappa shape index (κ1) is 29.1. The molecule has 0 saturated carbocycles. The van der Waals surface area contributed by atoms with Crippen LogP contribution in [-0.2, 0) is 22.6 Å². The van der Waals surface area contributed by atoms with E-state index < -0.39 is 11.9 Å². The minimum Gasteiger partial charge on any atom is -0.482 e. The van der Waals surface area contributed by atoms with Crippen LogP contribution in [0.15, 0.2) is 66.7 Å². The van der Waals surface area contributed by atoms with Crippen molar-refractivity contribution in [2.24, 2.45) is 5.92 Å². The van der Waals surface area contributed by atoms with Crippen LogP contribution in [0.25, 0.3) is 0 Å². The first-order valence-corrected chi connectivity index (χ1v) is 13.3. The third-order valence-corrected chi connectivity index (χ3v) is 6.67. The Labute approximate surface area is 237 Å². The maximum absolute atomic E-state index is 13.6. The van der Waals surface area contributed by atoms with Crippen LogP contribution in [-0.4, -0.2) is 35.9 Å². The van der Waals surface area contributed by atoms with Gasteiger partial charge in [0, 0.05) is 34.6 Å². The van der Waals surface area contributed by atoms with Crippen LogP contribution in [0.2, 0.25) is 20.1 Å². The number of nitrogens with zero attached hydrogens (tertiary/aromatic N) is 1. The summed E-state index contributed by atoms with van der Waals surface area (Å²) in [7, 11) is 0. The molecule has 0 aromatic heterocycles. The van der Waals surface area contributed by atoms with Crippen LogP contribution in [0.5, 0.6) is 5.75 Å². The minimum atomic E-state index is -0.815. The molecular formula is C28H28Cl4N2O3. The van der Waals surface area contributed by atoms with Crippen molar-refractivity contribution >= 4 is 58.2 Å². The van der Waals surface area contributed by atoms with Crippen LogP contribution in [0.1, 0.15) is 25.0 Å². The molecule has 3 aromatic carbocycles. The SMILES string of the molecule is CC(C)CNC(=O)C(Cc1ccccc1)N(Cc1ccc(Cl)cc1Cl)C(=O)COc1ccc(Cl)cc1Cl. The third-order valence-electron chi connectivity index (χ3n) is 5.56. The summed E-state index contributed by atoms with van der Waals surface area (Å²) in [6.45, 7) is 4.23. The van der Waals surface area contributed by atoms with Crippen LogP contribution in [0.4, 0.5) is 0 Å². The van der Waals surface area contributed by atoms with Gasteiger partial charge in [0.25, 0.3) is 5.91 Å². The van der Waals surface area contributed by atoms with E-state index in [1.165, 1.54) is 11.0 Å². The fraction of sp³-hybridized carbons (Fsp3) is 0.286. The van der Waals surface area contributed by atoms with Gasteiger partial charge in [-0.3, -0.25) is 9.59 Å². The van der Waals surface area contributed by atoms with Crippen molar-refractivity contribution in [3.05, 3.63) is 97.9 Å². The lowest BCUT2D eigenvalue weighted by Gasteiger charge is -2.32. The van der Waals surface area contributed by atoms with Gasteiger partial charge in [0.1, 0.15) is 11.8 Å². The summed E-state index contributed by atoms with van der Waals surface area (Å²) in [5.41, 5.74) is 1.56. The first-order chi connectivity index (χ1) is 17.6. The van der Waals surface area contributed by atoms with Gasteiger partial charge < -0.3 is 15.0 Å². The molecule has 9 heteroatoms. The van der Waals surface area contributed by atoms with Gasteiger partial charge in [0.15, 0.2) is 6.61 Å². The number of carbonyl (C=O) groups excluding carboxylic acids is 2. The Bertz CT molecular complexity index is 1220. The van der Waals surface area contributed by atoms with Crippen LogP contribution in [0, 0.1) is 5.92 Å². The highest BCUT2D eigenvalue weighted by Gasteiger charge is 2.31. The molecule has 0 aliphatic rings. The topological polar surface area (TPSA) is 58.6 Å². The van der Waals surface area contributed by atoms with E-state index in [4.69, 9.17) is 51.1 Å². The second-order valence-corrected chi connectivity index (χ2v) is 10.7. The second-order valence-electron chi connectivity index (χ2n) is 8.97. The summed E-state index contributed by atoms with van der Waals surface area (Å²) in [6, 6.07) is 18.5. The first-order valence-electron chi connectivity index (χ1n) is 11.8. The van der Waals surface area contributed by atoms with Crippen molar-refractivity contribution < 1.29 is 14.3 Å². The zero-order chi connectivity index (χ0) is 26.9. The van der Waals surface area contributed by atoms with Gasteiger partial charge in [-0.15, -0.1) is 0 Å². The van der Waals surface area contributed by atoms with Crippen molar-refractivity contribution in [3.63, 3.8) is 0 Å². The molecule has 0 aliphatic carbocycles. The fourth-order valence-electron chi connectivity index (χ4n) is 3.62. The third kappa shape index (κ3) is 8.82. The van der Waals surface area contributed by atoms with E-state index in [-0.39, 0.29) is 30.0 Å². The van der Waals surface area contributed by atoms with E-state index in [9.17, 15) is 9.59 Å². The summed E-state index contributed by atoms with van der Waals surface area (Å²) in [5, 5.41) is 4.58. The normalized spacial score (nSPS) is 11.8. The number of carbonyl (C=O) groups is 2. The Hall–Kier alpha value is -2.44. The summed E-state index contributed by atoms with van der Waals surface area (Å²) < 4.78 is 5.73. The monoisotopic (exact) mass is 580 g/mol. The highest BCUT2D eigenvalue weighted by Crippen LogP contribution is 2.28. The van der Waals surface area contributed by atoms with E-state index in [2.05, 4.69) is 5.32 Å².